The predicted molar refractivity (Wildman–Crippen MR) is 61.7 cm³/mol. The smallest absolute Gasteiger partial charge is 0.389 e. The van der Waals surface area contributed by atoms with Crippen LogP contribution in [0.4, 0.5) is 30.7 Å². The van der Waals surface area contributed by atoms with Crippen LogP contribution in [0.2, 0.25) is 0 Å². The van der Waals surface area contributed by atoms with Crippen LogP contribution < -0.4 is 4.74 Å². The molecule has 0 bridgehead atoms. The van der Waals surface area contributed by atoms with Crippen LogP contribution in [0.25, 0.3) is 0 Å². The summed E-state index contributed by atoms with van der Waals surface area (Å²) < 4.78 is 94.8. The maximum absolute atomic E-state index is 13.7. The predicted octanol–water partition coefficient (Wildman–Crippen LogP) is 5.15. The van der Waals surface area contributed by atoms with E-state index >= 15 is 0 Å². The van der Waals surface area contributed by atoms with Gasteiger partial charge in [-0.3, -0.25) is 0 Å². The number of alkyl halides is 7. The summed E-state index contributed by atoms with van der Waals surface area (Å²) in [6, 6.07) is 3.55. The third-order valence-electron chi connectivity index (χ3n) is 2.71. The number of hydrogen-bond acceptors (Lipinski definition) is 1. The Bertz CT molecular complexity index is 451. The fraction of sp³-hybridized carbons (Fsp3) is 0.538. The molecule has 1 nitrogen and oxygen atoms in total. The Balaban J connectivity index is 2.91. The minimum Gasteiger partial charge on any atom is -0.494 e. The van der Waals surface area contributed by atoms with Gasteiger partial charge < -0.3 is 4.74 Å². The average molecular weight is 318 g/mol. The van der Waals surface area contributed by atoms with Gasteiger partial charge in [-0.25, -0.2) is 0 Å². The molecule has 1 rings (SSSR count). The van der Waals surface area contributed by atoms with Crippen molar-refractivity contribution in [1.29, 1.82) is 0 Å². The van der Waals surface area contributed by atoms with E-state index in [1.54, 1.807) is 6.92 Å². The molecule has 0 aliphatic carbocycles. The van der Waals surface area contributed by atoms with Crippen molar-refractivity contribution in [3.05, 3.63) is 29.8 Å². The SMILES string of the molecule is CCOc1ccc(C(F)(F)C(F)(F)CCC(F)(F)F)cc1. The zero-order valence-electron chi connectivity index (χ0n) is 11.0. The molecule has 21 heavy (non-hydrogen) atoms. The number of rotatable bonds is 6. The highest BCUT2D eigenvalue weighted by molar-refractivity contribution is 5.31. The quantitative estimate of drug-likeness (QED) is 0.659. The number of halogens is 7. The average Bonchev–Trinajstić information content (AvgIpc) is 2.37. The first-order valence-electron chi connectivity index (χ1n) is 6.05. The third-order valence-corrected chi connectivity index (χ3v) is 2.71. The zero-order chi connectivity index (χ0) is 16.3. The molecule has 0 spiro atoms. The van der Waals surface area contributed by atoms with Crippen LogP contribution in [0.5, 0.6) is 5.75 Å². The monoisotopic (exact) mass is 318 g/mol. The molecule has 0 heterocycles. The molecular weight excluding hydrogens is 305 g/mol. The standard InChI is InChI=1S/C13H13F7O/c1-2-21-10-5-3-9(4-6-10)13(19,20)11(14,15)7-8-12(16,17)18/h3-6H,2,7-8H2,1H3. The fourth-order valence-electron chi connectivity index (χ4n) is 1.59. The minimum absolute atomic E-state index is 0.204. The number of ether oxygens (including phenoxy) is 1. The lowest BCUT2D eigenvalue weighted by atomic mass is 9.98. The number of benzene rings is 1. The van der Waals surface area contributed by atoms with Gasteiger partial charge >= 0.3 is 18.0 Å². The second-order valence-corrected chi connectivity index (χ2v) is 4.35. The van der Waals surface area contributed by atoms with Gasteiger partial charge in [-0.2, -0.15) is 30.7 Å². The van der Waals surface area contributed by atoms with Crippen molar-refractivity contribution >= 4 is 0 Å². The van der Waals surface area contributed by atoms with E-state index in [9.17, 15) is 30.7 Å². The van der Waals surface area contributed by atoms with Crippen molar-refractivity contribution in [3.8, 4) is 5.75 Å². The molecule has 1 aromatic rings. The maximum atomic E-state index is 13.7. The Labute approximate surface area is 116 Å². The molecule has 0 radical (unpaired) electrons. The molecule has 0 saturated carbocycles. The van der Waals surface area contributed by atoms with Crippen molar-refractivity contribution in [2.75, 3.05) is 6.61 Å². The van der Waals surface area contributed by atoms with E-state index in [1.807, 2.05) is 0 Å². The molecule has 120 valence electrons. The normalized spacial score (nSPS) is 13.3. The van der Waals surface area contributed by atoms with Crippen LogP contribution in [0.1, 0.15) is 25.3 Å². The molecule has 0 aliphatic rings. The molecule has 0 fully saturated rings. The van der Waals surface area contributed by atoms with E-state index < -0.39 is 36.4 Å². The lowest BCUT2D eigenvalue weighted by Gasteiger charge is -2.27. The molecule has 0 N–H and O–H groups in total. The van der Waals surface area contributed by atoms with Gasteiger partial charge in [0.15, 0.2) is 0 Å². The molecule has 0 saturated heterocycles. The number of hydrogen-bond donors (Lipinski definition) is 0. The maximum Gasteiger partial charge on any atom is 0.389 e. The molecule has 0 atom stereocenters. The zero-order valence-corrected chi connectivity index (χ0v) is 11.0. The first kappa shape index (κ1) is 17.6. The summed E-state index contributed by atoms with van der Waals surface area (Å²) in [5.41, 5.74) is -1.06. The van der Waals surface area contributed by atoms with E-state index in [0.29, 0.717) is 12.1 Å². The molecule has 8 heteroatoms. The molecule has 0 unspecified atom stereocenters. The van der Waals surface area contributed by atoms with E-state index in [2.05, 4.69) is 0 Å². The van der Waals surface area contributed by atoms with Gasteiger partial charge in [0, 0.05) is 18.4 Å². The van der Waals surface area contributed by atoms with Crippen molar-refractivity contribution in [2.24, 2.45) is 0 Å². The van der Waals surface area contributed by atoms with Crippen molar-refractivity contribution in [1.82, 2.24) is 0 Å². The fourth-order valence-corrected chi connectivity index (χ4v) is 1.59. The van der Waals surface area contributed by atoms with Crippen molar-refractivity contribution in [2.45, 2.75) is 37.8 Å². The van der Waals surface area contributed by atoms with Crippen LogP contribution >= 0.6 is 0 Å². The van der Waals surface area contributed by atoms with Crippen LogP contribution in [-0.2, 0) is 5.92 Å². The Morgan fingerprint density at radius 1 is 0.857 bits per heavy atom. The van der Waals surface area contributed by atoms with Gasteiger partial charge in [0.25, 0.3) is 0 Å². The summed E-state index contributed by atoms with van der Waals surface area (Å²) in [5, 5.41) is 0. The molecule has 0 aromatic heterocycles. The topological polar surface area (TPSA) is 9.23 Å². The minimum atomic E-state index is -4.92. The Morgan fingerprint density at radius 3 is 1.81 bits per heavy atom. The van der Waals surface area contributed by atoms with Crippen LogP contribution in [0, 0.1) is 0 Å². The van der Waals surface area contributed by atoms with E-state index in [-0.39, 0.29) is 12.4 Å². The highest BCUT2D eigenvalue weighted by Crippen LogP contribution is 2.47. The van der Waals surface area contributed by atoms with Crippen molar-refractivity contribution < 1.29 is 35.5 Å². The molecule has 1 aromatic carbocycles. The Hall–Kier alpha value is -1.47. The van der Waals surface area contributed by atoms with Crippen LogP contribution in [0.15, 0.2) is 24.3 Å². The highest BCUT2D eigenvalue weighted by Gasteiger charge is 2.57. The van der Waals surface area contributed by atoms with E-state index in [0.717, 1.165) is 12.1 Å². The van der Waals surface area contributed by atoms with Crippen LogP contribution in [0.3, 0.4) is 0 Å². The second-order valence-electron chi connectivity index (χ2n) is 4.35. The summed E-state index contributed by atoms with van der Waals surface area (Å²) in [4.78, 5) is 0. The van der Waals surface area contributed by atoms with Gasteiger partial charge in [-0.1, -0.05) is 0 Å². The second kappa shape index (κ2) is 6.11. The van der Waals surface area contributed by atoms with Gasteiger partial charge in [0.1, 0.15) is 5.75 Å². The third kappa shape index (κ3) is 4.50. The summed E-state index contributed by atoms with van der Waals surface area (Å²) in [7, 11) is 0. The van der Waals surface area contributed by atoms with Gasteiger partial charge in [-0.15, -0.1) is 0 Å². The first-order valence-corrected chi connectivity index (χ1v) is 6.05. The van der Waals surface area contributed by atoms with Crippen molar-refractivity contribution in [3.63, 3.8) is 0 Å². The van der Waals surface area contributed by atoms with E-state index in [4.69, 9.17) is 4.74 Å². The Kier molecular flexibility index (Phi) is 5.11. The summed E-state index contributed by atoms with van der Waals surface area (Å²) in [5.74, 6) is -9.28. The first-order chi connectivity index (χ1) is 9.49. The highest BCUT2D eigenvalue weighted by atomic mass is 19.4. The summed E-state index contributed by atoms with van der Waals surface area (Å²) in [6.45, 7) is 1.91. The lowest BCUT2D eigenvalue weighted by molar-refractivity contribution is -0.233. The molecule has 0 amide bonds. The van der Waals surface area contributed by atoms with Gasteiger partial charge in [-0.05, 0) is 31.2 Å². The van der Waals surface area contributed by atoms with E-state index in [1.165, 1.54) is 0 Å². The van der Waals surface area contributed by atoms with Gasteiger partial charge in [0.2, 0.25) is 0 Å². The molecule has 0 aliphatic heterocycles. The largest absolute Gasteiger partial charge is 0.494 e. The Morgan fingerprint density at radius 2 is 1.38 bits per heavy atom. The van der Waals surface area contributed by atoms with Gasteiger partial charge in [0.05, 0.1) is 6.61 Å². The summed E-state index contributed by atoms with van der Waals surface area (Å²) in [6.07, 6.45) is -8.87. The summed E-state index contributed by atoms with van der Waals surface area (Å²) >= 11 is 0. The van der Waals surface area contributed by atoms with Crippen LogP contribution in [-0.4, -0.2) is 18.7 Å². The lowest BCUT2D eigenvalue weighted by Crippen LogP contribution is -2.39. The molecular formula is C13H13F7O.